The van der Waals surface area contributed by atoms with E-state index in [0.717, 1.165) is 18.5 Å². The van der Waals surface area contributed by atoms with Gasteiger partial charge in [-0.3, -0.25) is 9.36 Å². The van der Waals surface area contributed by atoms with Gasteiger partial charge >= 0.3 is 0 Å². The van der Waals surface area contributed by atoms with Crippen molar-refractivity contribution in [3.63, 3.8) is 0 Å². The van der Waals surface area contributed by atoms with Crippen molar-refractivity contribution in [2.75, 3.05) is 0 Å². The molecule has 0 aliphatic heterocycles. The number of aryl methyl sites for hydroxylation is 1. The van der Waals surface area contributed by atoms with Gasteiger partial charge in [-0.2, -0.15) is 0 Å². The third-order valence-electron chi connectivity index (χ3n) is 1.96. The van der Waals surface area contributed by atoms with Crippen molar-refractivity contribution < 1.29 is 4.79 Å². The minimum atomic E-state index is 0.103. The molecule has 2 nitrogen and oxygen atoms in total. The predicted octanol–water partition coefficient (Wildman–Crippen LogP) is 2.49. The Morgan fingerprint density at radius 3 is 2.92 bits per heavy atom. The van der Waals surface area contributed by atoms with Crippen molar-refractivity contribution in [3.8, 4) is 0 Å². The second kappa shape index (κ2) is 4.10. The third kappa shape index (κ3) is 1.97. The molecule has 12 heavy (non-hydrogen) atoms. The van der Waals surface area contributed by atoms with Crippen LogP contribution in [0, 0.1) is 0 Å². The van der Waals surface area contributed by atoms with Gasteiger partial charge < -0.3 is 0 Å². The quantitative estimate of drug-likeness (QED) is 0.674. The van der Waals surface area contributed by atoms with Gasteiger partial charge in [0.1, 0.15) is 0 Å². The van der Waals surface area contributed by atoms with Crippen LogP contribution in [0.4, 0.5) is 0 Å². The lowest BCUT2D eigenvalue weighted by atomic mass is 10.2. The molecule has 0 radical (unpaired) electrons. The topological polar surface area (TPSA) is 22.0 Å². The van der Waals surface area contributed by atoms with Gasteiger partial charge in [0, 0.05) is 18.8 Å². The van der Waals surface area contributed by atoms with Crippen molar-refractivity contribution in [2.24, 2.45) is 0 Å². The average Bonchev–Trinajstić information content (AvgIpc) is 2.48. The molecule has 0 unspecified atom stereocenters. The van der Waals surface area contributed by atoms with Gasteiger partial charge in [0.25, 0.3) is 0 Å². The molecule has 0 N–H and O–H groups in total. The first kappa shape index (κ1) is 9.04. The predicted molar refractivity (Wildman–Crippen MR) is 49.3 cm³/mol. The Morgan fingerprint density at radius 1 is 1.58 bits per heavy atom. The highest BCUT2D eigenvalue weighted by Gasteiger charge is 2.02. The standard InChI is InChI=1S/C10H15NO/c1-3-4-6-10-7-5-8-11(10)9(2)12/h5,7-8H,3-4,6H2,1-2H3. The average molecular weight is 165 g/mol. The summed E-state index contributed by atoms with van der Waals surface area (Å²) in [5.41, 5.74) is 1.13. The highest BCUT2D eigenvalue weighted by molar-refractivity contribution is 5.77. The molecule has 1 aromatic rings. The molecule has 0 fully saturated rings. The van der Waals surface area contributed by atoms with Crippen molar-refractivity contribution in [1.29, 1.82) is 0 Å². The van der Waals surface area contributed by atoms with Gasteiger partial charge in [0.15, 0.2) is 0 Å². The maximum absolute atomic E-state index is 11.1. The van der Waals surface area contributed by atoms with Gasteiger partial charge in [0.2, 0.25) is 5.91 Å². The number of hydrogen-bond acceptors (Lipinski definition) is 1. The van der Waals surface area contributed by atoms with Crippen LogP contribution >= 0.6 is 0 Å². The lowest BCUT2D eigenvalue weighted by molar-refractivity contribution is 0.0933. The summed E-state index contributed by atoms with van der Waals surface area (Å²) in [5, 5.41) is 0. The molecular weight excluding hydrogens is 150 g/mol. The first-order valence-corrected chi connectivity index (χ1v) is 4.43. The molecule has 0 saturated heterocycles. The molecule has 0 saturated carbocycles. The van der Waals surface area contributed by atoms with E-state index in [4.69, 9.17) is 0 Å². The second-order valence-corrected chi connectivity index (χ2v) is 2.99. The largest absolute Gasteiger partial charge is 0.292 e. The molecule has 0 aromatic carbocycles. The van der Waals surface area contributed by atoms with E-state index in [1.807, 2.05) is 18.3 Å². The van der Waals surface area contributed by atoms with Crippen molar-refractivity contribution in [1.82, 2.24) is 4.57 Å². The van der Waals surface area contributed by atoms with Gasteiger partial charge in [-0.1, -0.05) is 13.3 Å². The van der Waals surface area contributed by atoms with Crippen molar-refractivity contribution in [3.05, 3.63) is 24.0 Å². The fourth-order valence-electron chi connectivity index (χ4n) is 1.29. The molecule has 0 bridgehead atoms. The molecule has 1 heterocycles. The van der Waals surface area contributed by atoms with E-state index in [1.165, 1.54) is 6.42 Å². The number of nitrogens with zero attached hydrogens (tertiary/aromatic N) is 1. The van der Waals surface area contributed by atoms with Crippen LogP contribution in [0.25, 0.3) is 0 Å². The van der Waals surface area contributed by atoms with E-state index < -0.39 is 0 Å². The van der Waals surface area contributed by atoms with Crippen LogP contribution in [0.3, 0.4) is 0 Å². The molecule has 0 aliphatic carbocycles. The van der Waals surface area contributed by atoms with Crippen LogP contribution in [0.1, 0.15) is 37.2 Å². The molecule has 0 aliphatic rings. The smallest absolute Gasteiger partial charge is 0.227 e. The van der Waals surface area contributed by atoms with E-state index in [1.54, 1.807) is 11.5 Å². The summed E-state index contributed by atoms with van der Waals surface area (Å²) in [7, 11) is 0. The maximum atomic E-state index is 11.1. The van der Waals surface area contributed by atoms with Crippen LogP contribution in [0.15, 0.2) is 18.3 Å². The van der Waals surface area contributed by atoms with Crippen LogP contribution in [-0.4, -0.2) is 10.5 Å². The highest BCUT2D eigenvalue weighted by atomic mass is 16.1. The third-order valence-corrected chi connectivity index (χ3v) is 1.96. The fraction of sp³-hybridized carbons (Fsp3) is 0.500. The molecule has 0 spiro atoms. The Hall–Kier alpha value is -1.05. The highest BCUT2D eigenvalue weighted by Crippen LogP contribution is 2.06. The molecule has 1 aromatic heterocycles. The number of hydrogen-bond donors (Lipinski definition) is 0. The number of rotatable bonds is 3. The van der Waals surface area contributed by atoms with Crippen LogP contribution in [0.5, 0.6) is 0 Å². The molecule has 66 valence electrons. The number of aromatic nitrogens is 1. The normalized spacial score (nSPS) is 10.2. The summed E-state index contributed by atoms with van der Waals surface area (Å²) in [4.78, 5) is 11.1. The summed E-state index contributed by atoms with van der Waals surface area (Å²) in [6.45, 7) is 3.75. The molecule has 0 atom stereocenters. The van der Waals surface area contributed by atoms with Gasteiger partial charge in [-0.15, -0.1) is 0 Å². The number of unbranched alkanes of at least 4 members (excludes halogenated alkanes) is 1. The van der Waals surface area contributed by atoms with E-state index in [-0.39, 0.29) is 5.91 Å². The van der Waals surface area contributed by atoms with Crippen molar-refractivity contribution >= 4 is 5.91 Å². The summed E-state index contributed by atoms with van der Waals surface area (Å²) in [6.07, 6.45) is 5.15. The Kier molecular flexibility index (Phi) is 3.09. The summed E-state index contributed by atoms with van der Waals surface area (Å²) >= 11 is 0. The first-order chi connectivity index (χ1) is 5.75. The summed E-state index contributed by atoms with van der Waals surface area (Å²) < 4.78 is 1.72. The monoisotopic (exact) mass is 165 g/mol. The SMILES string of the molecule is CCCCc1cccn1C(C)=O. The fourth-order valence-corrected chi connectivity index (χ4v) is 1.29. The van der Waals surface area contributed by atoms with E-state index in [2.05, 4.69) is 6.92 Å². The second-order valence-electron chi connectivity index (χ2n) is 2.99. The van der Waals surface area contributed by atoms with Gasteiger partial charge in [-0.05, 0) is 25.0 Å². The Balaban J connectivity index is 2.70. The zero-order valence-electron chi connectivity index (χ0n) is 7.71. The zero-order valence-corrected chi connectivity index (χ0v) is 7.71. The van der Waals surface area contributed by atoms with Crippen LogP contribution < -0.4 is 0 Å². The Morgan fingerprint density at radius 2 is 2.33 bits per heavy atom. The van der Waals surface area contributed by atoms with E-state index >= 15 is 0 Å². The molecule has 1 rings (SSSR count). The van der Waals surface area contributed by atoms with Crippen LogP contribution in [0.2, 0.25) is 0 Å². The zero-order chi connectivity index (χ0) is 8.97. The van der Waals surface area contributed by atoms with Gasteiger partial charge in [0.05, 0.1) is 0 Å². The van der Waals surface area contributed by atoms with Crippen LogP contribution in [-0.2, 0) is 6.42 Å². The van der Waals surface area contributed by atoms with E-state index in [9.17, 15) is 4.79 Å². The first-order valence-electron chi connectivity index (χ1n) is 4.43. The summed E-state index contributed by atoms with van der Waals surface area (Å²) in [5.74, 6) is 0.103. The number of carbonyl (C=O) groups excluding carboxylic acids is 1. The van der Waals surface area contributed by atoms with Crippen molar-refractivity contribution in [2.45, 2.75) is 33.1 Å². The Labute approximate surface area is 73.2 Å². The molecular formula is C10H15NO. The van der Waals surface area contributed by atoms with Gasteiger partial charge in [-0.25, -0.2) is 0 Å². The molecule has 0 amide bonds. The lowest BCUT2D eigenvalue weighted by Gasteiger charge is -2.03. The number of carbonyl (C=O) groups is 1. The molecule has 2 heteroatoms. The minimum Gasteiger partial charge on any atom is -0.292 e. The van der Waals surface area contributed by atoms with E-state index in [0.29, 0.717) is 0 Å². The lowest BCUT2D eigenvalue weighted by Crippen LogP contribution is -2.07. The Bertz CT molecular complexity index is 263. The summed E-state index contributed by atoms with van der Waals surface area (Å²) in [6, 6.07) is 3.93. The minimum absolute atomic E-state index is 0.103. The maximum Gasteiger partial charge on any atom is 0.227 e.